The van der Waals surface area contributed by atoms with E-state index in [-0.39, 0.29) is 11.9 Å². The molecule has 0 aliphatic rings. The topological polar surface area (TPSA) is 119 Å². The van der Waals surface area contributed by atoms with Crippen LogP contribution < -0.4 is 16.9 Å². The zero-order valence-electron chi connectivity index (χ0n) is 9.95. The van der Waals surface area contributed by atoms with Crippen molar-refractivity contribution in [1.29, 1.82) is 0 Å². The highest BCUT2D eigenvalue weighted by atomic mass is 16.2. The molecule has 0 fully saturated rings. The molecule has 1 aromatic carbocycles. The van der Waals surface area contributed by atoms with Gasteiger partial charge in [-0.2, -0.15) is 5.10 Å². The molecule has 0 aliphatic carbocycles. The maximum absolute atomic E-state index is 11.8. The van der Waals surface area contributed by atoms with Crippen LogP contribution in [-0.4, -0.2) is 22.1 Å². The Morgan fingerprint density at radius 2 is 1.89 bits per heavy atom. The van der Waals surface area contributed by atoms with Crippen molar-refractivity contribution in [3.05, 3.63) is 47.8 Å². The van der Waals surface area contributed by atoms with E-state index in [1.54, 1.807) is 24.3 Å². The number of nitrogen functional groups attached to an aromatic ring is 2. The van der Waals surface area contributed by atoms with Crippen LogP contribution >= 0.6 is 0 Å². The Morgan fingerprint density at radius 3 is 2.58 bits per heavy atom. The number of hydrogen-bond donors (Lipinski definition) is 3. The van der Waals surface area contributed by atoms with Gasteiger partial charge in [-0.15, -0.1) is 0 Å². The number of carbonyl (C=O) groups excluding carboxylic acids is 1. The van der Waals surface area contributed by atoms with E-state index in [1.807, 2.05) is 0 Å². The molecule has 0 atom stereocenters. The summed E-state index contributed by atoms with van der Waals surface area (Å²) >= 11 is 0. The van der Waals surface area contributed by atoms with Crippen LogP contribution in [0.25, 0.3) is 0 Å². The van der Waals surface area contributed by atoms with Gasteiger partial charge in [0.1, 0.15) is 0 Å². The predicted octanol–water partition coefficient (Wildman–Crippen LogP) is 0.405. The molecule has 2 rings (SSSR count). The minimum atomic E-state index is -0.384. The van der Waals surface area contributed by atoms with E-state index in [9.17, 15) is 4.79 Å². The molecule has 0 saturated heterocycles. The van der Waals surface area contributed by atoms with Gasteiger partial charge in [-0.25, -0.2) is 15.4 Å². The summed E-state index contributed by atoms with van der Waals surface area (Å²) in [4.78, 5) is 19.3. The third kappa shape index (κ3) is 3.25. The predicted molar refractivity (Wildman–Crippen MR) is 72.4 cm³/mol. The maximum atomic E-state index is 11.8. The van der Waals surface area contributed by atoms with Crippen molar-refractivity contribution in [2.24, 2.45) is 5.10 Å². The van der Waals surface area contributed by atoms with Crippen molar-refractivity contribution >= 4 is 23.8 Å². The first-order valence-electron chi connectivity index (χ1n) is 5.42. The van der Waals surface area contributed by atoms with E-state index in [2.05, 4.69) is 20.5 Å². The molecule has 1 amide bonds. The fraction of sp³-hybridized carbons (Fsp3) is 0. The van der Waals surface area contributed by atoms with Crippen molar-refractivity contribution in [2.45, 2.75) is 0 Å². The monoisotopic (exact) mass is 256 g/mol. The van der Waals surface area contributed by atoms with Crippen molar-refractivity contribution in [1.82, 2.24) is 15.4 Å². The zero-order valence-corrected chi connectivity index (χ0v) is 9.95. The van der Waals surface area contributed by atoms with Gasteiger partial charge in [0.05, 0.1) is 11.8 Å². The summed E-state index contributed by atoms with van der Waals surface area (Å²) in [7, 11) is 0. The molecule has 0 spiro atoms. The van der Waals surface area contributed by atoms with E-state index >= 15 is 0 Å². The summed E-state index contributed by atoms with van der Waals surface area (Å²) in [5, 5.41) is 3.79. The first-order valence-corrected chi connectivity index (χ1v) is 5.42. The molecular weight excluding hydrogens is 244 g/mol. The van der Waals surface area contributed by atoms with E-state index in [0.717, 1.165) is 0 Å². The van der Waals surface area contributed by atoms with Gasteiger partial charge in [0.25, 0.3) is 5.91 Å². The van der Waals surface area contributed by atoms with Crippen LogP contribution in [0.4, 0.5) is 11.6 Å². The standard InChI is InChI=1S/C12H12N6O/c13-10-4-2-1-3-9(10)11(19)18-17-7-8-5-15-12(14)16-6-8/h1-7H,13H2,(H,18,19)(H2,14,15,16). The number of hydrazone groups is 1. The lowest BCUT2D eigenvalue weighted by atomic mass is 10.2. The normalized spacial score (nSPS) is 10.5. The minimum Gasteiger partial charge on any atom is -0.398 e. The molecular formula is C12H12N6O. The molecule has 2 aromatic rings. The first kappa shape index (κ1) is 12.5. The summed E-state index contributed by atoms with van der Waals surface area (Å²) in [5.74, 6) is -0.205. The molecule has 0 unspecified atom stereocenters. The van der Waals surface area contributed by atoms with Crippen LogP contribution in [0.1, 0.15) is 15.9 Å². The van der Waals surface area contributed by atoms with Crippen molar-refractivity contribution in [2.75, 3.05) is 11.5 Å². The van der Waals surface area contributed by atoms with Crippen LogP contribution in [0.15, 0.2) is 41.8 Å². The van der Waals surface area contributed by atoms with E-state index in [1.165, 1.54) is 18.6 Å². The van der Waals surface area contributed by atoms with E-state index in [4.69, 9.17) is 11.5 Å². The van der Waals surface area contributed by atoms with Gasteiger partial charge in [-0.3, -0.25) is 4.79 Å². The summed E-state index contributed by atoms with van der Waals surface area (Å²) in [6.45, 7) is 0. The van der Waals surface area contributed by atoms with Gasteiger partial charge in [-0.05, 0) is 12.1 Å². The summed E-state index contributed by atoms with van der Waals surface area (Å²) in [6, 6.07) is 6.74. The highest BCUT2D eigenvalue weighted by molar-refractivity contribution is 5.99. The number of para-hydroxylation sites is 1. The molecule has 1 heterocycles. The summed E-state index contributed by atoms with van der Waals surface area (Å²) < 4.78 is 0. The van der Waals surface area contributed by atoms with Crippen molar-refractivity contribution < 1.29 is 4.79 Å². The highest BCUT2D eigenvalue weighted by Gasteiger charge is 2.06. The van der Waals surface area contributed by atoms with Gasteiger partial charge in [-0.1, -0.05) is 12.1 Å². The van der Waals surface area contributed by atoms with Crippen LogP contribution in [0.5, 0.6) is 0 Å². The first-order chi connectivity index (χ1) is 9.16. The number of anilines is 2. The van der Waals surface area contributed by atoms with Crippen molar-refractivity contribution in [3.8, 4) is 0 Å². The van der Waals surface area contributed by atoms with Crippen LogP contribution in [0.3, 0.4) is 0 Å². The Bertz CT molecular complexity index is 608. The minimum absolute atomic E-state index is 0.179. The Hall–Kier alpha value is -2.96. The number of nitrogens with zero attached hydrogens (tertiary/aromatic N) is 3. The summed E-state index contributed by atoms with van der Waals surface area (Å²) in [6.07, 6.45) is 4.40. The largest absolute Gasteiger partial charge is 0.398 e. The van der Waals surface area contributed by atoms with Gasteiger partial charge in [0, 0.05) is 23.6 Å². The van der Waals surface area contributed by atoms with Crippen molar-refractivity contribution in [3.63, 3.8) is 0 Å². The number of nitrogens with two attached hydrogens (primary N) is 2. The molecule has 7 nitrogen and oxygen atoms in total. The van der Waals surface area contributed by atoms with E-state index in [0.29, 0.717) is 16.8 Å². The smallest absolute Gasteiger partial charge is 0.273 e. The van der Waals surface area contributed by atoms with E-state index < -0.39 is 0 Å². The molecule has 0 radical (unpaired) electrons. The second-order valence-electron chi connectivity index (χ2n) is 3.66. The molecule has 0 bridgehead atoms. The average molecular weight is 256 g/mol. The Balaban J connectivity index is 2.01. The number of hydrogen-bond acceptors (Lipinski definition) is 6. The molecule has 0 aliphatic heterocycles. The Labute approximate surface area is 109 Å². The third-order valence-corrected chi connectivity index (χ3v) is 2.28. The lowest BCUT2D eigenvalue weighted by Gasteiger charge is -2.02. The average Bonchev–Trinajstić information content (AvgIpc) is 2.41. The molecule has 7 heteroatoms. The molecule has 0 saturated carbocycles. The number of aromatic nitrogens is 2. The SMILES string of the molecule is Nc1ncc(C=NNC(=O)c2ccccc2N)cn1. The molecule has 19 heavy (non-hydrogen) atoms. The number of amides is 1. The molecule has 1 aromatic heterocycles. The number of carbonyl (C=O) groups is 1. The number of rotatable bonds is 3. The number of benzene rings is 1. The quantitative estimate of drug-likeness (QED) is 0.417. The fourth-order valence-electron chi connectivity index (χ4n) is 1.34. The van der Waals surface area contributed by atoms with Gasteiger partial charge in [0.2, 0.25) is 5.95 Å². The van der Waals surface area contributed by atoms with Crippen LogP contribution in [0.2, 0.25) is 0 Å². The fourth-order valence-corrected chi connectivity index (χ4v) is 1.34. The van der Waals surface area contributed by atoms with Gasteiger partial charge >= 0.3 is 0 Å². The second kappa shape index (κ2) is 5.58. The number of nitrogens with one attached hydrogen (secondary N) is 1. The lowest BCUT2D eigenvalue weighted by Crippen LogP contribution is -2.19. The van der Waals surface area contributed by atoms with Crippen LogP contribution in [0, 0.1) is 0 Å². The van der Waals surface area contributed by atoms with Gasteiger partial charge < -0.3 is 11.5 Å². The lowest BCUT2D eigenvalue weighted by molar-refractivity contribution is 0.0956. The van der Waals surface area contributed by atoms with Gasteiger partial charge in [0.15, 0.2) is 0 Å². The summed E-state index contributed by atoms with van der Waals surface area (Å²) in [5.41, 5.74) is 14.8. The Morgan fingerprint density at radius 1 is 1.21 bits per heavy atom. The third-order valence-electron chi connectivity index (χ3n) is 2.28. The highest BCUT2D eigenvalue weighted by Crippen LogP contribution is 2.09. The second-order valence-corrected chi connectivity index (χ2v) is 3.66. The maximum Gasteiger partial charge on any atom is 0.273 e. The van der Waals surface area contributed by atoms with Crippen LogP contribution in [-0.2, 0) is 0 Å². The Kier molecular flexibility index (Phi) is 3.67. The molecule has 96 valence electrons. The zero-order chi connectivity index (χ0) is 13.7. The molecule has 5 N–H and O–H groups in total.